The van der Waals surface area contributed by atoms with Gasteiger partial charge in [0.2, 0.25) is 0 Å². The predicted molar refractivity (Wildman–Crippen MR) is 111 cm³/mol. The third-order valence-electron chi connectivity index (χ3n) is 5.27. The van der Waals surface area contributed by atoms with Crippen LogP contribution in [-0.4, -0.2) is 35.4 Å². The third-order valence-corrected chi connectivity index (χ3v) is 5.27. The lowest BCUT2D eigenvalue weighted by molar-refractivity contribution is -0.140. The van der Waals surface area contributed by atoms with Crippen molar-refractivity contribution < 1.29 is 28.2 Å². The van der Waals surface area contributed by atoms with Crippen molar-refractivity contribution in [3.63, 3.8) is 0 Å². The van der Waals surface area contributed by atoms with Crippen molar-refractivity contribution in [3.05, 3.63) is 95.2 Å². The second-order valence-electron chi connectivity index (χ2n) is 7.08. The van der Waals surface area contributed by atoms with Crippen LogP contribution in [0, 0.1) is 5.82 Å². The van der Waals surface area contributed by atoms with Crippen LogP contribution in [0.1, 0.15) is 22.9 Å². The molecule has 0 saturated carbocycles. The van der Waals surface area contributed by atoms with Gasteiger partial charge in [-0.25, -0.2) is 4.39 Å². The summed E-state index contributed by atoms with van der Waals surface area (Å²) >= 11 is 0. The molecular weight excluding hydrogens is 401 g/mol. The second kappa shape index (κ2) is 8.47. The van der Waals surface area contributed by atoms with Crippen molar-refractivity contribution >= 4 is 17.4 Å². The van der Waals surface area contributed by atoms with Crippen molar-refractivity contribution in [1.29, 1.82) is 0 Å². The van der Waals surface area contributed by atoms with Crippen molar-refractivity contribution in [3.8, 4) is 5.75 Å². The highest BCUT2D eigenvalue weighted by Crippen LogP contribution is 2.41. The molecule has 1 amide bonds. The van der Waals surface area contributed by atoms with Crippen LogP contribution in [0.5, 0.6) is 5.75 Å². The molecule has 3 aromatic rings. The maximum atomic E-state index is 13.2. The van der Waals surface area contributed by atoms with Gasteiger partial charge in [0.1, 0.15) is 29.1 Å². The van der Waals surface area contributed by atoms with Gasteiger partial charge < -0.3 is 19.2 Å². The Morgan fingerprint density at radius 2 is 1.84 bits per heavy atom. The lowest BCUT2D eigenvalue weighted by Gasteiger charge is -2.23. The molecule has 6 nitrogen and oxygen atoms in total. The number of carbonyl (C=O) groups is 2. The Bertz CT molecular complexity index is 1140. The molecule has 1 saturated heterocycles. The summed E-state index contributed by atoms with van der Waals surface area (Å²) in [5.74, 6) is -1.49. The number of amides is 1. The van der Waals surface area contributed by atoms with E-state index in [1.807, 2.05) is 0 Å². The molecule has 0 spiro atoms. The first-order chi connectivity index (χ1) is 15.0. The van der Waals surface area contributed by atoms with Crippen LogP contribution in [0.2, 0.25) is 0 Å². The van der Waals surface area contributed by atoms with Crippen LogP contribution < -0.4 is 4.74 Å². The monoisotopic (exact) mass is 421 g/mol. The Morgan fingerprint density at radius 3 is 2.52 bits per heavy atom. The van der Waals surface area contributed by atoms with E-state index >= 15 is 0 Å². The number of furan rings is 1. The molecule has 0 bridgehead atoms. The van der Waals surface area contributed by atoms with E-state index in [4.69, 9.17) is 9.15 Å². The van der Waals surface area contributed by atoms with Gasteiger partial charge in [0.05, 0.1) is 24.5 Å². The normalized spacial score (nSPS) is 17.9. The number of ketones is 1. The number of likely N-dealkylation sites (tertiary alicyclic amines) is 1. The summed E-state index contributed by atoms with van der Waals surface area (Å²) in [5.41, 5.74) is 1.05. The summed E-state index contributed by atoms with van der Waals surface area (Å²) in [6.07, 6.45) is 1.84. The lowest BCUT2D eigenvalue weighted by Crippen LogP contribution is -2.31. The number of Topliss-reactive ketones (excluding diaryl/α,β-unsaturated/α-hetero) is 1. The fourth-order valence-corrected chi connectivity index (χ4v) is 3.74. The molecule has 7 heteroatoms. The fourth-order valence-electron chi connectivity index (χ4n) is 3.74. The highest BCUT2D eigenvalue weighted by atomic mass is 19.1. The van der Waals surface area contributed by atoms with Gasteiger partial charge in [-0.2, -0.15) is 0 Å². The number of carbonyl (C=O) groups excluding carboxylic acids is 2. The van der Waals surface area contributed by atoms with Crippen LogP contribution >= 0.6 is 0 Å². The molecule has 1 atom stereocenters. The van der Waals surface area contributed by atoms with Crippen LogP contribution in [0.15, 0.2) is 76.9 Å². The minimum atomic E-state index is -0.889. The zero-order valence-electron chi connectivity index (χ0n) is 16.7. The van der Waals surface area contributed by atoms with E-state index in [1.165, 1.54) is 30.4 Å². The first-order valence-corrected chi connectivity index (χ1v) is 9.71. The molecule has 2 aromatic carbocycles. The number of para-hydroxylation sites is 1. The van der Waals surface area contributed by atoms with Gasteiger partial charge in [-0.15, -0.1) is 0 Å². The molecule has 31 heavy (non-hydrogen) atoms. The minimum absolute atomic E-state index is 0.0662. The summed E-state index contributed by atoms with van der Waals surface area (Å²) in [6, 6.07) is 15.1. The van der Waals surface area contributed by atoms with Crippen LogP contribution in [0.4, 0.5) is 4.39 Å². The summed E-state index contributed by atoms with van der Waals surface area (Å²) in [6.45, 7) is 0.185. The molecule has 1 N–H and O–H groups in total. The third kappa shape index (κ3) is 3.82. The number of hydrogen-bond acceptors (Lipinski definition) is 5. The highest BCUT2D eigenvalue weighted by Gasteiger charge is 2.47. The zero-order chi connectivity index (χ0) is 22.0. The Morgan fingerprint density at radius 1 is 1.10 bits per heavy atom. The van der Waals surface area contributed by atoms with Gasteiger partial charge in [0.15, 0.2) is 0 Å². The number of ether oxygens (including phenoxy) is 1. The number of nitrogens with zero attached hydrogens (tertiary/aromatic N) is 1. The van der Waals surface area contributed by atoms with E-state index in [0.717, 1.165) is 5.56 Å². The standard InChI is InChI=1S/C24H20FNO5/c1-30-18-6-3-2-5-17(18)22(27)20-21(19-7-4-14-31-19)26(24(29)23(20)28)13-12-15-8-10-16(25)11-9-15/h2-11,14,21,27H,12-13H2,1H3/b22-20-. The van der Waals surface area contributed by atoms with Crippen LogP contribution in [0.25, 0.3) is 5.76 Å². The number of aliphatic hydroxyl groups excluding tert-OH is 1. The number of aliphatic hydroxyl groups is 1. The van der Waals surface area contributed by atoms with E-state index in [0.29, 0.717) is 23.5 Å². The summed E-state index contributed by atoms with van der Waals surface area (Å²) in [7, 11) is 1.46. The maximum absolute atomic E-state index is 13.2. The number of benzene rings is 2. The van der Waals surface area contributed by atoms with Crippen molar-refractivity contribution in [2.45, 2.75) is 12.5 Å². The Labute approximate surface area is 178 Å². The van der Waals surface area contributed by atoms with Gasteiger partial charge in [0, 0.05) is 6.54 Å². The van der Waals surface area contributed by atoms with Crippen molar-refractivity contribution in [2.24, 2.45) is 0 Å². The summed E-state index contributed by atoms with van der Waals surface area (Å²) < 4.78 is 24.0. The quantitative estimate of drug-likeness (QED) is 0.368. The Kier molecular flexibility index (Phi) is 5.58. The smallest absolute Gasteiger partial charge is 0.295 e. The van der Waals surface area contributed by atoms with E-state index in [1.54, 1.807) is 48.5 Å². The molecule has 0 aliphatic carbocycles. The van der Waals surface area contributed by atoms with E-state index in [9.17, 15) is 19.1 Å². The Balaban J connectivity index is 1.75. The van der Waals surface area contributed by atoms with Gasteiger partial charge in [-0.3, -0.25) is 9.59 Å². The van der Waals surface area contributed by atoms with Gasteiger partial charge in [-0.05, 0) is 48.4 Å². The van der Waals surface area contributed by atoms with E-state index < -0.39 is 17.7 Å². The van der Waals surface area contributed by atoms with Gasteiger partial charge >= 0.3 is 0 Å². The van der Waals surface area contributed by atoms with Gasteiger partial charge in [-0.1, -0.05) is 24.3 Å². The summed E-state index contributed by atoms with van der Waals surface area (Å²) in [4.78, 5) is 27.2. The molecular formula is C24H20FNO5. The molecule has 1 aromatic heterocycles. The minimum Gasteiger partial charge on any atom is -0.507 e. The summed E-state index contributed by atoms with van der Waals surface area (Å²) in [5, 5.41) is 11.0. The van der Waals surface area contributed by atoms with E-state index in [-0.39, 0.29) is 23.7 Å². The molecule has 0 radical (unpaired) electrons. The van der Waals surface area contributed by atoms with Crippen LogP contribution in [0.3, 0.4) is 0 Å². The Hall–Kier alpha value is -3.87. The molecule has 158 valence electrons. The molecule has 1 unspecified atom stereocenters. The van der Waals surface area contributed by atoms with Crippen molar-refractivity contribution in [1.82, 2.24) is 4.90 Å². The topological polar surface area (TPSA) is 80.0 Å². The fraction of sp³-hybridized carbons (Fsp3) is 0.167. The molecule has 4 rings (SSSR count). The van der Waals surface area contributed by atoms with Crippen LogP contribution in [-0.2, 0) is 16.0 Å². The molecule has 1 aliphatic rings. The largest absolute Gasteiger partial charge is 0.507 e. The highest BCUT2D eigenvalue weighted by molar-refractivity contribution is 6.46. The SMILES string of the molecule is COc1ccccc1/C(O)=C1/C(=O)C(=O)N(CCc2ccc(F)cc2)C1c1ccco1. The number of rotatable bonds is 6. The lowest BCUT2D eigenvalue weighted by atomic mass is 9.98. The van der Waals surface area contributed by atoms with Gasteiger partial charge in [0.25, 0.3) is 11.7 Å². The van der Waals surface area contributed by atoms with Crippen molar-refractivity contribution in [2.75, 3.05) is 13.7 Å². The second-order valence-corrected chi connectivity index (χ2v) is 7.08. The molecule has 2 heterocycles. The molecule has 1 fully saturated rings. The number of hydrogen-bond donors (Lipinski definition) is 1. The average molecular weight is 421 g/mol. The van der Waals surface area contributed by atoms with E-state index in [2.05, 4.69) is 0 Å². The number of halogens is 1. The number of methoxy groups -OCH3 is 1. The zero-order valence-corrected chi connectivity index (χ0v) is 16.7. The first-order valence-electron chi connectivity index (χ1n) is 9.71. The first kappa shape index (κ1) is 20.4. The molecule has 1 aliphatic heterocycles. The average Bonchev–Trinajstić information content (AvgIpc) is 3.40. The maximum Gasteiger partial charge on any atom is 0.295 e. The predicted octanol–water partition coefficient (Wildman–Crippen LogP) is 4.09.